The van der Waals surface area contributed by atoms with E-state index in [-0.39, 0.29) is 11.7 Å². The average Bonchev–Trinajstić information content (AvgIpc) is 2.92. The highest BCUT2D eigenvalue weighted by molar-refractivity contribution is 6.55. The smallest absolute Gasteiger partial charge is 0.337 e. The Hall–Kier alpha value is -2.57. The van der Waals surface area contributed by atoms with Crippen LogP contribution in [0.3, 0.4) is 0 Å². The van der Waals surface area contributed by atoms with E-state index < -0.39 is 18.1 Å². The summed E-state index contributed by atoms with van der Waals surface area (Å²) in [6.07, 6.45) is 1.41. The van der Waals surface area contributed by atoms with Gasteiger partial charge in [0.25, 0.3) is 5.91 Å². The summed E-state index contributed by atoms with van der Waals surface area (Å²) >= 11 is 12.4. The van der Waals surface area contributed by atoms with Crippen LogP contribution in [0.4, 0.5) is 16.2 Å². The van der Waals surface area contributed by atoms with E-state index >= 15 is 0 Å². The molecule has 152 valence electrons. The lowest BCUT2D eigenvalue weighted by atomic mass is 10.1. The van der Waals surface area contributed by atoms with Gasteiger partial charge in [-0.05, 0) is 36.2 Å². The number of likely N-dealkylation sites (N-methyl/N-ethyl adjacent to an activating group) is 1. The molecule has 1 saturated heterocycles. The van der Waals surface area contributed by atoms with Crippen LogP contribution < -0.4 is 10.2 Å². The molecule has 0 aromatic heterocycles. The van der Waals surface area contributed by atoms with E-state index in [1.165, 1.54) is 17.5 Å². The number of benzene rings is 2. The molecule has 29 heavy (non-hydrogen) atoms. The standard InChI is InChI=1S/C21H22Cl2N4O2/c1-3-7-14-8-6-9-15(12-14)24-18(13-22)25-19-20(28)26(2)21(29)27(19)17-11-5-4-10-16(17)23/h4-6,8-12,18,24H,3,7,13H2,1-2H3. The summed E-state index contributed by atoms with van der Waals surface area (Å²) in [5.74, 6) is -0.414. The second-order valence-electron chi connectivity index (χ2n) is 6.65. The first kappa shape index (κ1) is 21.1. The first-order valence-corrected chi connectivity index (χ1v) is 10.2. The number of hydrogen-bond acceptors (Lipinski definition) is 4. The SMILES string of the molecule is CCCc1cccc(NC(CCl)N=C2C(=O)N(C)C(=O)N2c2ccccc2Cl)c1. The Labute approximate surface area is 180 Å². The van der Waals surface area contributed by atoms with Crippen molar-refractivity contribution < 1.29 is 9.59 Å². The molecule has 0 bridgehead atoms. The molecule has 0 spiro atoms. The zero-order valence-corrected chi connectivity index (χ0v) is 17.7. The highest BCUT2D eigenvalue weighted by atomic mass is 35.5. The number of carbonyl (C=O) groups is 2. The summed E-state index contributed by atoms with van der Waals surface area (Å²) in [6.45, 7) is 2.12. The number of urea groups is 1. The van der Waals surface area contributed by atoms with Crippen LogP contribution in [0.1, 0.15) is 18.9 Å². The van der Waals surface area contributed by atoms with Gasteiger partial charge in [-0.25, -0.2) is 14.7 Å². The molecule has 1 atom stereocenters. The molecule has 1 aliphatic heterocycles. The van der Waals surface area contributed by atoms with Gasteiger partial charge in [0.1, 0.15) is 6.17 Å². The first-order chi connectivity index (χ1) is 14.0. The quantitative estimate of drug-likeness (QED) is 0.506. The molecule has 1 heterocycles. The van der Waals surface area contributed by atoms with Crippen molar-refractivity contribution in [3.63, 3.8) is 0 Å². The predicted molar refractivity (Wildman–Crippen MR) is 118 cm³/mol. The summed E-state index contributed by atoms with van der Waals surface area (Å²) < 4.78 is 0. The molecule has 1 fully saturated rings. The van der Waals surface area contributed by atoms with Crippen LogP contribution >= 0.6 is 23.2 Å². The Kier molecular flexibility index (Phi) is 6.77. The average molecular weight is 433 g/mol. The number of amides is 3. The Morgan fingerprint density at radius 3 is 2.59 bits per heavy atom. The summed E-state index contributed by atoms with van der Waals surface area (Å²) in [6, 6.07) is 14.3. The van der Waals surface area contributed by atoms with Crippen molar-refractivity contribution in [2.24, 2.45) is 4.99 Å². The lowest BCUT2D eigenvalue weighted by Crippen LogP contribution is -2.34. The third-order valence-electron chi connectivity index (χ3n) is 4.50. The van der Waals surface area contributed by atoms with Crippen molar-refractivity contribution in [1.29, 1.82) is 0 Å². The number of imide groups is 1. The summed E-state index contributed by atoms with van der Waals surface area (Å²) in [5.41, 5.74) is 2.44. The topological polar surface area (TPSA) is 65.0 Å². The van der Waals surface area contributed by atoms with Gasteiger partial charge in [-0.15, -0.1) is 11.6 Å². The lowest BCUT2D eigenvalue weighted by molar-refractivity contribution is -0.119. The molecule has 0 saturated carbocycles. The van der Waals surface area contributed by atoms with Gasteiger partial charge in [-0.2, -0.15) is 0 Å². The van der Waals surface area contributed by atoms with Crippen LogP contribution in [0, 0.1) is 0 Å². The molecule has 3 rings (SSSR count). The van der Waals surface area contributed by atoms with Crippen molar-refractivity contribution in [3.05, 3.63) is 59.1 Å². The molecule has 1 aliphatic rings. The fraction of sp³-hybridized carbons (Fsp3) is 0.286. The molecule has 8 heteroatoms. The fourth-order valence-corrected chi connectivity index (χ4v) is 3.45. The highest BCUT2D eigenvalue weighted by Crippen LogP contribution is 2.29. The zero-order chi connectivity index (χ0) is 21.0. The number of halogens is 2. The van der Waals surface area contributed by atoms with Crippen LogP contribution in [0.25, 0.3) is 0 Å². The van der Waals surface area contributed by atoms with Crippen molar-refractivity contribution in [2.75, 3.05) is 23.1 Å². The van der Waals surface area contributed by atoms with Crippen LogP contribution in [0.15, 0.2) is 53.5 Å². The highest BCUT2D eigenvalue weighted by Gasteiger charge is 2.42. The van der Waals surface area contributed by atoms with Crippen molar-refractivity contribution in [1.82, 2.24) is 4.90 Å². The molecular formula is C21H22Cl2N4O2. The molecular weight excluding hydrogens is 411 g/mol. The number of alkyl halides is 1. The fourth-order valence-electron chi connectivity index (χ4n) is 3.09. The number of hydrogen-bond donors (Lipinski definition) is 1. The summed E-state index contributed by atoms with van der Waals surface area (Å²) in [5, 5.41) is 3.58. The number of nitrogens with one attached hydrogen (secondary N) is 1. The maximum atomic E-state index is 12.7. The van der Waals surface area contributed by atoms with E-state index in [0.29, 0.717) is 10.7 Å². The predicted octanol–water partition coefficient (Wildman–Crippen LogP) is 4.77. The summed E-state index contributed by atoms with van der Waals surface area (Å²) in [7, 11) is 1.41. The Morgan fingerprint density at radius 1 is 1.14 bits per heavy atom. The van der Waals surface area contributed by atoms with Gasteiger partial charge in [-0.3, -0.25) is 9.69 Å². The van der Waals surface area contributed by atoms with Gasteiger partial charge in [0.05, 0.1) is 16.6 Å². The Morgan fingerprint density at radius 2 is 1.90 bits per heavy atom. The van der Waals surface area contributed by atoms with Gasteiger partial charge in [0.15, 0.2) is 0 Å². The number of aliphatic imine (C=N–C) groups is 1. The molecule has 1 N–H and O–H groups in total. The first-order valence-electron chi connectivity index (χ1n) is 9.32. The Balaban J connectivity index is 1.93. The third kappa shape index (κ3) is 4.54. The number of para-hydroxylation sites is 1. The van der Waals surface area contributed by atoms with Gasteiger partial charge >= 0.3 is 6.03 Å². The number of rotatable bonds is 7. The minimum Gasteiger partial charge on any atom is -0.363 e. The van der Waals surface area contributed by atoms with E-state index in [1.54, 1.807) is 24.3 Å². The van der Waals surface area contributed by atoms with Crippen molar-refractivity contribution >= 4 is 52.4 Å². The van der Waals surface area contributed by atoms with Gasteiger partial charge in [-0.1, -0.05) is 49.2 Å². The molecule has 2 aromatic carbocycles. The van der Waals surface area contributed by atoms with Gasteiger partial charge in [0, 0.05) is 12.7 Å². The largest absolute Gasteiger partial charge is 0.363 e. The normalized spacial score (nSPS) is 16.6. The maximum Gasteiger partial charge on any atom is 0.337 e. The number of anilines is 2. The van der Waals surface area contributed by atoms with Crippen molar-refractivity contribution in [2.45, 2.75) is 25.9 Å². The number of aryl methyl sites for hydroxylation is 1. The molecule has 1 unspecified atom stereocenters. The number of amidine groups is 1. The van der Waals surface area contributed by atoms with Crippen LogP contribution in [0.5, 0.6) is 0 Å². The Bertz CT molecular complexity index is 948. The number of nitrogens with zero attached hydrogens (tertiary/aromatic N) is 3. The second kappa shape index (κ2) is 9.29. The van der Waals surface area contributed by atoms with E-state index in [4.69, 9.17) is 23.2 Å². The van der Waals surface area contributed by atoms with Gasteiger partial charge in [0.2, 0.25) is 5.84 Å². The minimum atomic E-state index is -0.600. The molecule has 0 aliphatic carbocycles. The second-order valence-corrected chi connectivity index (χ2v) is 7.37. The van der Waals surface area contributed by atoms with Crippen LogP contribution in [-0.4, -0.2) is 41.8 Å². The van der Waals surface area contributed by atoms with E-state index in [2.05, 4.69) is 23.3 Å². The molecule has 0 radical (unpaired) electrons. The zero-order valence-electron chi connectivity index (χ0n) is 16.2. The minimum absolute atomic E-state index is 0.0199. The summed E-state index contributed by atoms with van der Waals surface area (Å²) in [4.78, 5) is 32.0. The third-order valence-corrected chi connectivity index (χ3v) is 5.11. The molecule has 3 amide bonds. The van der Waals surface area contributed by atoms with E-state index in [9.17, 15) is 9.59 Å². The van der Waals surface area contributed by atoms with Crippen molar-refractivity contribution in [3.8, 4) is 0 Å². The maximum absolute atomic E-state index is 12.7. The molecule has 6 nitrogen and oxygen atoms in total. The van der Waals surface area contributed by atoms with Crippen LogP contribution in [0.2, 0.25) is 5.02 Å². The monoisotopic (exact) mass is 432 g/mol. The van der Waals surface area contributed by atoms with Gasteiger partial charge < -0.3 is 5.32 Å². The lowest BCUT2D eigenvalue weighted by Gasteiger charge is -2.19. The van der Waals surface area contributed by atoms with E-state index in [1.807, 2.05) is 18.2 Å². The number of carbonyl (C=O) groups excluding carboxylic acids is 2. The van der Waals surface area contributed by atoms with E-state index in [0.717, 1.165) is 23.4 Å². The molecule has 2 aromatic rings. The van der Waals surface area contributed by atoms with Crippen LogP contribution in [-0.2, 0) is 11.2 Å².